The molecule has 3 rings (SSSR count). The summed E-state index contributed by atoms with van der Waals surface area (Å²) in [5.41, 5.74) is 3.06. The van der Waals surface area contributed by atoms with Crippen molar-refractivity contribution in [1.82, 2.24) is 25.2 Å². The first-order valence-electron chi connectivity index (χ1n) is 7.32. The Morgan fingerprint density at radius 2 is 2.13 bits per heavy atom. The van der Waals surface area contributed by atoms with Crippen molar-refractivity contribution in [2.24, 2.45) is 0 Å². The van der Waals surface area contributed by atoms with Crippen LogP contribution in [0.15, 0.2) is 41.2 Å². The van der Waals surface area contributed by atoms with E-state index in [0.29, 0.717) is 13.0 Å². The lowest BCUT2D eigenvalue weighted by Crippen LogP contribution is -2.25. The number of hydrogen-bond donors (Lipinski definition) is 1. The molecule has 7 nitrogen and oxygen atoms in total. The molecule has 0 atom stereocenters. The molecule has 0 aliphatic carbocycles. The van der Waals surface area contributed by atoms with Gasteiger partial charge in [-0.3, -0.25) is 4.79 Å². The topological polar surface area (TPSA) is 85.8 Å². The van der Waals surface area contributed by atoms with Crippen molar-refractivity contribution in [2.45, 2.75) is 20.3 Å². The highest BCUT2D eigenvalue weighted by atomic mass is 16.5. The molecule has 0 radical (unpaired) electrons. The van der Waals surface area contributed by atoms with E-state index in [4.69, 9.17) is 4.52 Å². The second kappa shape index (κ2) is 6.43. The van der Waals surface area contributed by atoms with Crippen LogP contribution in [0.3, 0.4) is 0 Å². The summed E-state index contributed by atoms with van der Waals surface area (Å²) in [6.07, 6.45) is 3.87. The molecule has 0 aliphatic heterocycles. The van der Waals surface area contributed by atoms with E-state index in [2.05, 4.69) is 20.6 Å². The number of aryl methyl sites for hydroxylation is 1. The third-order valence-corrected chi connectivity index (χ3v) is 3.63. The molecular weight excluding hydrogens is 294 g/mol. The van der Waals surface area contributed by atoms with Gasteiger partial charge in [-0.25, -0.2) is 9.67 Å². The van der Waals surface area contributed by atoms with Crippen LogP contribution in [0.4, 0.5) is 0 Å². The quantitative estimate of drug-likeness (QED) is 0.777. The Hall–Kier alpha value is -2.96. The van der Waals surface area contributed by atoms with E-state index in [0.717, 1.165) is 22.8 Å². The zero-order valence-corrected chi connectivity index (χ0v) is 13.0. The number of rotatable bonds is 5. The maximum absolute atomic E-state index is 11.8. The van der Waals surface area contributed by atoms with Crippen molar-refractivity contribution in [2.75, 3.05) is 6.54 Å². The lowest BCUT2D eigenvalue weighted by Gasteiger charge is -2.05. The molecule has 0 spiro atoms. The second-order valence-corrected chi connectivity index (χ2v) is 5.13. The van der Waals surface area contributed by atoms with Crippen LogP contribution in [-0.2, 0) is 6.42 Å². The van der Waals surface area contributed by atoms with Gasteiger partial charge in [-0.05, 0) is 38.0 Å². The summed E-state index contributed by atoms with van der Waals surface area (Å²) in [5.74, 6) is 0.725. The van der Waals surface area contributed by atoms with Crippen LogP contribution >= 0.6 is 0 Å². The number of nitrogens with zero attached hydrogens (tertiary/aromatic N) is 4. The minimum Gasteiger partial charge on any atom is -0.351 e. The largest absolute Gasteiger partial charge is 0.351 e. The van der Waals surface area contributed by atoms with Gasteiger partial charge in [0.25, 0.3) is 5.91 Å². The van der Waals surface area contributed by atoms with Gasteiger partial charge in [-0.1, -0.05) is 11.2 Å². The smallest absolute Gasteiger partial charge is 0.289 e. The number of aromatic nitrogens is 4. The third kappa shape index (κ3) is 3.13. The highest BCUT2D eigenvalue weighted by Crippen LogP contribution is 2.16. The van der Waals surface area contributed by atoms with Gasteiger partial charge in [0.2, 0.25) is 5.76 Å². The lowest BCUT2D eigenvalue weighted by molar-refractivity contribution is 0.0917. The average Bonchev–Trinajstić information content (AvgIpc) is 3.19. The highest BCUT2D eigenvalue weighted by molar-refractivity contribution is 5.91. The predicted molar refractivity (Wildman–Crippen MR) is 83.4 cm³/mol. The summed E-state index contributed by atoms with van der Waals surface area (Å²) in [4.78, 5) is 16.1. The minimum atomic E-state index is -0.269. The van der Waals surface area contributed by atoms with Gasteiger partial charge in [0.1, 0.15) is 0 Å². The van der Waals surface area contributed by atoms with E-state index in [-0.39, 0.29) is 11.7 Å². The maximum atomic E-state index is 11.8. The van der Waals surface area contributed by atoms with Gasteiger partial charge in [0.15, 0.2) is 5.82 Å². The van der Waals surface area contributed by atoms with Gasteiger partial charge < -0.3 is 9.84 Å². The highest BCUT2D eigenvalue weighted by Gasteiger charge is 2.14. The molecule has 23 heavy (non-hydrogen) atoms. The van der Waals surface area contributed by atoms with Crippen molar-refractivity contribution < 1.29 is 9.32 Å². The van der Waals surface area contributed by atoms with E-state index in [1.807, 2.05) is 36.7 Å². The minimum absolute atomic E-state index is 0.211. The summed E-state index contributed by atoms with van der Waals surface area (Å²) in [5, 5.41) is 10.9. The van der Waals surface area contributed by atoms with Gasteiger partial charge in [0, 0.05) is 24.5 Å². The van der Waals surface area contributed by atoms with Gasteiger partial charge in [0.05, 0.1) is 11.9 Å². The Morgan fingerprint density at radius 1 is 1.26 bits per heavy atom. The zero-order valence-electron chi connectivity index (χ0n) is 13.0. The molecule has 0 aliphatic rings. The predicted octanol–water partition coefficient (Wildman–Crippen LogP) is 1.84. The molecular formula is C16H17N5O2. The van der Waals surface area contributed by atoms with E-state index in [1.54, 1.807) is 6.20 Å². The van der Waals surface area contributed by atoms with E-state index < -0.39 is 0 Å². The molecule has 7 heteroatoms. The fraction of sp³-hybridized carbons (Fsp3) is 0.250. The van der Waals surface area contributed by atoms with Gasteiger partial charge in [-0.2, -0.15) is 5.10 Å². The molecule has 0 bridgehead atoms. The first kappa shape index (κ1) is 15.0. The third-order valence-electron chi connectivity index (χ3n) is 3.63. The van der Waals surface area contributed by atoms with Crippen LogP contribution in [0.2, 0.25) is 0 Å². The number of pyridine rings is 1. The molecule has 118 valence electrons. The van der Waals surface area contributed by atoms with Gasteiger partial charge in [-0.15, -0.1) is 0 Å². The Balaban J connectivity index is 1.69. The summed E-state index contributed by atoms with van der Waals surface area (Å²) in [6, 6.07) is 7.24. The SMILES string of the molecule is Cc1nn(-c2ccccn2)c(C)c1CCNC(=O)c1ccno1. The van der Waals surface area contributed by atoms with Crippen molar-refractivity contribution in [1.29, 1.82) is 0 Å². The number of nitrogens with one attached hydrogen (secondary N) is 1. The first-order chi connectivity index (χ1) is 11.2. The molecule has 1 amide bonds. The Morgan fingerprint density at radius 3 is 2.83 bits per heavy atom. The van der Waals surface area contributed by atoms with Gasteiger partial charge >= 0.3 is 0 Å². The monoisotopic (exact) mass is 311 g/mol. The molecule has 0 unspecified atom stereocenters. The molecule has 3 aromatic rings. The van der Waals surface area contributed by atoms with Crippen LogP contribution in [0.5, 0.6) is 0 Å². The van der Waals surface area contributed by atoms with E-state index in [1.165, 1.54) is 12.3 Å². The number of hydrogen-bond acceptors (Lipinski definition) is 5. The first-order valence-corrected chi connectivity index (χ1v) is 7.32. The number of carbonyl (C=O) groups is 1. The van der Waals surface area contributed by atoms with Crippen LogP contribution in [0.25, 0.3) is 5.82 Å². The Kier molecular flexibility index (Phi) is 4.18. The standard InChI is InChI=1S/C16H17N5O2/c1-11-13(6-9-18-16(22)14-7-10-19-23-14)12(2)21(20-11)15-5-3-4-8-17-15/h3-5,7-8,10H,6,9H2,1-2H3,(H,18,22). The van der Waals surface area contributed by atoms with Crippen LogP contribution in [0, 0.1) is 13.8 Å². The molecule has 1 N–H and O–H groups in total. The van der Waals surface area contributed by atoms with E-state index >= 15 is 0 Å². The van der Waals surface area contributed by atoms with Crippen molar-refractivity contribution in [3.63, 3.8) is 0 Å². The van der Waals surface area contributed by atoms with E-state index in [9.17, 15) is 4.79 Å². The maximum Gasteiger partial charge on any atom is 0.289 e. The molecule has 0 saturated heterocycles. The van der Waals surface area contributed by atoms with Crippen molar-refractivity contribution in [3.05, 3.63) is 59.4 Å². The fourth-order valence-corrected chi connectivity index (χ4v) is 2.46. The molecule has 0 aromatic carbocycles. The second-order valence-electron chi connectivity index (χ2n) is 5.13. The molecule has 3 aromatic heterocycles. The lowest BCUT2D eigenvalue weighted by atomic mass is 10.1. The average molecular weight is 311 g/mol. The van der Waals surface area contributed by atoms with Crippen LogP contribution in [-0.4, -0.2) is 32.4 Å². The summed E-state index contributed by atoms with van der Waals surface area (Å²) in [7, 11) is 0. The summed E-state index contributed by atoms with van der Waals surface area (Å²) >= 11 is 0. The normalized spacial score (nSPS) is 10.7. The zero-order chi connectivity index (χ0) is 16.2. The van der Waals surface area contributed by atoms with Crippen LogP contribution < -0.4 is 5.32 Å². The number of carbonyl (C=O) groups excluding carboxylic acids is 1. The molecule has 0 fully saturated rings. The molecule has 3 heterocycles. The summed E-state index contributed by atoms with van der Waals surface area (Å²) < 4.78 is 6.64. The number of amides is 1. The Bertz CT molecular complexity index is 794. The van der Waals surface area contributed by atoms with Crippen molar-refractivity contribution in [3.8, 4) is 5.82 Å². The van der Waals surface area contributed by atoms with Crippen LogP contribution in [0.1, 0.15) is 27.5 Å². The Labute approximate surface area is 133 Å². The fourth-order valence-electron chi connectivity index (χ4n) is 2.46. The molecule has 0 saturated carbocycles. The summed E-state index contributed by atoms with van der Waals surface area (Å²) in [6.45, 7) is 4.46. The van der Waals surface area contributed by atoms with Crippen molar-refractivity contribution >= 4 is 5.91 Å².